The first-order valence-electron chi connectivity index (χ1n) is 7.85. The van der Waals surface area contributed by atoms with Crippen molar-refractivity contribution in [2.24, 2.45) is 5.92 Å². The van der Waals surface area contributed by atoms with E-state index in [-0.39, 0.29) is 12.2 Å². The van der Waals surface area contributed by atoms with E-state index in [1.807, 2.05) is 6.07 Å². The zero-order chi connectivity index (χ0) is 14.1. The van der Waals surface area contributed by atoms with Crippen molar-refractivity contribution in [1.29, 1.82) is 0 Å². The summed E-state index contributed by atoms with van der Waals surface area (Å²) in [5.41, 5.74) is 1.21. The maximum absolute atomic E-state index is 12.8. The molecule has 2 fully saturated rings. The molecule has 0 spiro atoms. The van der Waals surface area contributed by atoms with E-state index in [1.54, 1.807) is 0 Å². The lowest BCUT2D eigenvalue weighted by atomic mass is 9.90. The highest BCUT2D eigenvalue weighted by atomic mass is 16.2. The predicted molar refractivity (Wildman–Crippen MR) is 80.0 cm³/mol. The molecule has 0 radical (unpaired) electrons. The van der Waals surface area contributed by atoms with Crippen molar-refractivity contribution >= 4 is 5.91 Å². The summed E-state index contributed by atoms with van der Waals surface area (Å²) < 4.78 is 0. The fraction of sp³-hybridized carbons (Fsp3) is 0.588. The van der Waals surface area contributed by atoms with Crippen LogP contribution in [0.2, 0.25) is 0 Å². The van der Waals surface area contributed by atoms with Gasteiger partial charge in [-0.15, -0.1) is 0 Å². The van der Waals surface area contributed by atoms with Crippen LogP contribution in [0.4, 0.5) is 0 Å². The molecule has 3 atom stereocenters. The largest absolute Gasteiger partial charge is 0.319 e. The van der Waals surface area contributed by atoms with Crippen molar-refractivity contribution in [3.05, 3.63) is 35.9 Å². The van der Waals surface area contributed by atoms with Crippen LogP contribution in [0.3, 0.4) is 0 Å². The van der Waals surface area contributed by atoms with Crippen molar-refractivity contribution in [1.82, 2.24) is 10.2 Å². The van der Waals surface area contributed by atoms with Crippen molar-refractivity contribution in [2.45, 2.75) is 57.8 Å². The third-order valence-corrected chi connectivity index (χ3v) is 4.93. The van der Waals surface area contributed by atoms with Crippen LogP contribution in [0, 0.1) is 5.92 Å². The number of rotatable bonds is 4. The van der Waals surface area contributed by atoms with Crippen molar-refractivity contribution in [3.63, 3.8) is 0 Å². The Balaban J connectivity index is 1.88. The molecule has 2 aliphatic rings. The fourth-order valence-corrected chi connectivity index (χ4v) is 3.20. The number of hydrogen-bond acceptors (Lipinski definition) is 2. The van der Waals surface area contributed by atoms with Gasteiger partial charge in [-0.25, -0.2) is 0 Å². The fourth-order valence-electron chi connectivity index (χ4n) is 3.20. The summed E-state index contributed by atoms with van der Waals surface area (Å²) in [4.78, 5) is 14.9. The summed E-state index contributed by atoms with van der Waals surface area (Å²) in [5, 5.41) is 3.58. The van der Waals surface area contributed by atoms with Crippen LogP contribution >= 0.6 is 0 Å². The topological polar surface area (TPSA) is 32.3 Å². The molecule has 1 amide bonds. The SMILES string of the molecule is CCC(C)C1NC(c2ccccc2)N(C2CCC2)C1=O. The summed E-state index contributed by atoms with van der Waals surface area (Å²) in [6, 6.07) is 10.8. The number of carbonyl (C=O) groups is 1. The second-order valence-electron chi connectivity index (χ2n) is 6.17. The van der Waals surface area contributed by atoms with Gasteiger partial charge >= 0.3 is 0 Å². The third-order valence-electron chi connectivity index (χ3n) is 4.93. The maximum Gasteiger partial charge on any atom is 0.241 e. The third kappa shape index (κ3) is 2.24. The van der Waals surface area contributed by atoms with E-state index in [0.29, 0.717) is 17.9 Å². The molecule has 3 nitrogen and oxygen atoms in total. The quantitative estimate of drug-likeness (QED) is 0.913. The minimum absolute atomic E-state index is 0.0224. The van der Waals surface area contributed by atoms with Crippen molar-refractivity contribution in [3.8, 4) is 0 Å². The van der Waals surface area contributed by atoms with Gasteiger partial charge in [0.15, 0.2) is 0 Å². The number of amides is 1. The molecule has 0 bridgehead atoms. The molecule has 20 heavy (non-hydrogen) atoms. The van der Waals surface area contributed by atoms with Crippen LogP contribution < -0.4 is 5.32 Å². The van der Waals surface area contributed by atoms with Gasteiger partial charge in [0.1, 0.15) is 6.17 Å². The molecule has 1 aromatic carbocycles. The number of hydrogen-bond donors (Lipinski definition) is 1. The lowest BCUT2D eigenvalue weighted by molar-refractivity contribution is -0.134. The molecule has 1 saturated heterocycles. The van der Waals surface area contributed by atoms with Gasteiger partial charge in [0, 0.05) is 6.04 Å². The van der Waals surface area contributed by atoms with Gasteiger partial charge in [-0.2, -0.15) is 0 Å². The van der Waals surface area contributed by atoms with Crippen LogP contribution in [-0.4, -0.2) is 22.9 Å². The van der Waals surface area contributed by atoms with Gasteiger partial charge in [0.05, 0.1) is 6.04 Å². The van der Waals surface area contributed by atoms with E-state index in [2.05, 4.69) is 48.3 Å². The Bertz CT molecular complexity index is 469. The average Bonchev–Trinajstić information content (AvgIpc) is 2.76. The monoisotopic (exact) mass is 272 g/mol. The minimum atomic E-state index is -0.0224. The highest BCUT2D eigenvalue weighted by Crippen LogP contribution is 2.36. The van der Waals surface area contributed by atoms with Gasteiger partial charge < -0.3 is 4.90 Å². The molecular formula is C17H24N2O. The van der Waals surface area contributed by atoms with E-state index in [0.717, 1.165) is 19.3 Å². The Hall–Kier alpha value is -1.35. The van der Waals surface area contributed by atoms with Gasteiger partial charge in [-0.3, -0.25) is 10.1 Å². The molecule has 1 aliphatic heterocycles. The van der Waals surface area contributed by atoms with E-state index in [1.165, 1.54) is 12.0 Å². The number of benzene rings is 1. The molecule has 3 rings (SSSR count). The number of nitrogens with zero attached hydrogens (tertiary/aromatic N) is 1. The first kappa shape index (κ1) is 13.6. The predicted octanol–water partition coefficient (Wildman–Crippen LogP) is 3.08. The van der Waals surface area contributed by atoms with Gasteiger partial charge in [-0.05, 0) is 30.7 Å². The molecule has 108 valence electrons. The van der Waals surface area contributed by atoms with Crippen molar-refractivity contribution in [2.75, 3.05) is 0 Å². The molecule has 1 aromatic rings. The molecule has 3 heteroatoms. The number of carbonyl (C=O) groups excluding carboxylic acids is 1. The first-order chi connectivity index (χ1) is 9.72. The van der Waals surface area contributed by atoms with E-state index < -0.39 is 0 Å². The molecule has 1 saturated carbocycles. The first-order valence-corrected chi connectivity index (χ1v) is 7.85. The summed E-state index contributed by atoms with van der Waals surface area (Å²) in [7, 11) is 0. The Morgan fingerprint density at radius 2 is 2.00 bits per heavy atom. The average molecular weight is 272 g/mol. The molecule has 3 unspecified atom stereocenters. The Kier molecular flexibility index (Phi) is 3.79. The van der Waals surface area contributed by atoms with Crippen LogP contribution in [0.25, 0.3) is 0 Å². The summed E-state index contributed by atoms with van der Waals surface area (Å²) in [6.07, 6.45) is 4.66. The van der Waals surface area contributed by atoms with Crippen LogP contribution in [-0.2, 0) is 4.79 Å². The van der Waals surface area contributed by atoms with Crippen LogP contribution in [0.5, 0.6) is 0 Å². The zero-order valence-corrected chi connectivity index (χ0v) is 12.4. The highest BCUT2D eigenvalue weighted by molar-refractivity contribution is 5.85. The van der Waals surface area contributed by atoms with Gasteiger partial charge in [0.25, 0.3) is 0 Å². The maximum atomic E-state index is 12.8. The second-order valence-corrected chi connectivity index (χ2v) is 6.17. The van der Waals surface area contributed by atoms with Crippen LogP contribution in [0.1, 0.15) is 51.3 Å². The zero-order valence-electron chi connectivity index (χ0n) is 12.4. The van der Waals surface area contributed by atoms with E-state index in [4.69, 9.17) is 0 Å². The molecular weight excluding hydrogens is 248 g/mol. The van der Waals surface area contributed by atoms with Crippen LogP contribution in [0.15, 0.2) is 30.3 Å². The summed E-state index contributed by atoms with van der Waals surface area (Å²) in [6.45, 7) is 4.32. The van der Waals surface area contributed by atoms with E-state index in [9.17, 15) is 4.79 Å². The van der Waals surface area contributed by atoms with Crippen molar-refractivity contribution < 1.29 is 4.79 Å². The lowest BCUT2D eigenvalue weighted by Gasteiger charge is -2.38. The molecule has 1 N–H and O–H groups in total. The second kappa shape index (κ2) is 5.57. The Morgan fingerprint density at radius 3 is 2.55 bits per heavy atom. The minimum Gasteiger partial charge on any atom is -0.319 e. The Labute approximate surface area is 121 Å². The smallest absolute Gasteiger partial charge is 0.241 e. The van der Waals surface area contributed by atoms with Gasteiger partial charge in [-0.1, -0.05) is 50.6 Å². The van der Waals surface area contributed by atoms with E-state index >= 15 is 0 Å². The highest BCUT2D eigenvalue weighted by Gasteiger charge is 2.45. The summed E-state index contributed by atoms with van der Waals surface area (Å²) >= 11 is 0. The Morgan fingerprint density at radius 1 is 1.30 bits per heavy atom. The lowest BCUT2D eigenvalue weighted by Crippen LogP contribution is -2.44. The molecule has 1 aliphatic carbocycles. The normalized spacial score (nSPS) is 28.5. The molecule has 0 aromatic heterocycles. The summed E-state index contributed by atoms with van der Waals surface area (Å²) in [5.74, 6) is 0.691. The van der Waals surface area contributed by atoms with Gasteiger partial charge in [0.2, 0.25) is 5.91 Å². The molecule has 1 heterocycles. The standard InChI is InChI=1S/C17H24N2O/c1-3-12(2)15-17(20)19(14-10-7-11-14)16(18-15)13-8-5-4-6-9-13/h4-6,8-9,12,14-16,18H,3,7,10-11H2,1-2H3. The number of nitrogens with one attached hydrogen (secondary N) is 1.